The van der Waals surface area contributed by atoms with Crippen LogP contribution in [0.2, 0.25) is 0 Å². The molecule has 0 radical (unpaired) electrons. The summed E-state index contributed by atoms with van der Waals surface area (Å²) in [4.78, 5) is 2.25. The minimum absolute atomic E-state index is 0.809. The number of hydrogen-bond acceptors (Lipinski definition) is 1. The Balaban J connectivity index is 3.06. The van der Waals surface area contributed by atoms with Crippen LogP contribution in [0.1, 0.15) is 11.9 Å². The van der Waals surface area contributed by atoms with E-state index in [1.807, 2.05) is 24.3 Å². The molecule has 0 aliphatic rings. The predicted molar refractivity (Wildman–Crippen MR) is 82.5 cm³/mol. The van der Waals surface area contributed by atoms with Crippen LogP contribution < -0.4 is 0 Å². The summed E-state index contributed by atoms with van der Waals surface area (Å²) in [6.45, 7) is 15.1. The van der Waals surface area contributed by atoms with E-state index in [2.05, 4.69) is 55.7 Å². The van der Waals surface area contributed by atoms with E-state index in [1.165, 1.54) is 11.2 Å². The van der Waals surface area contributed by atoms with E-state index >= 15 is 0 Å². The fraction of sp³-hybridized carbons (Fsp3) is 0.188. The predicted octanol–water partition coefficient (Wildman–Crippen LogP) is 3.62. The van der Waals surface area contributed by atoms with Gasteiger partial charge in [-0.1, -0.05) is 0 Å². The van der Waals surface area contributed by atoms with Gasteiger partial charge in [0.15, 0.2) is 0 Å². The monoisotopic (exact) mass is 237 g/mol. The van der Waals surface area contributed by atoms with Crippen LogP contribution in [0.25, 0.3) is 5.70 Å². The third-order valence-electron chi connectivity index (χ3n) is 2.59. The number of nitrogens with zero attached hydrogens (tertiary/aromatic N) is 1. The Labute approximate surface area is 111 Å². The van der Waals surface area contributed by atoms with E-state index in [9.17, 15) is 0 Å². The van der Waals surface area contributed by atoms with E-state index in [0.29, 0.717) is 0 Å². The van der Waals surface area contributed by atoms with Gasteiger partial charge in [0.1, 0.15) is 0 Å². The molecule has 0 saturated carbocycles. The summed E-state index contributed by atoms with van der Waals surface area (Å²) in [7, 11) is 0. The van der Waals surface area contributed by atoms with Crippen LogP contribution in [-0.4, -0.2) is 24.9 Å². The Kier molecular flexibility index (Phi) is 6.56. The third-order valence-corrected chi connectivity index (χ3v) is 2.59. The van der Waals surface area contributed by atoms with E-state index in [4.69, 9.17) is 0 Å². The van der Waals surface area contributed by atoms with E-state index in [0.717, 1.165) is 19.5 Å². The zero-order chi connectivity index (χ0) is 13.2. The molecule has 0 saturated heterocycles. The van der Waals surface area contributed by atoms with Crippen LogP contribution in [0, 0.1) is 0 Å². The molecule has 0 N–H and O–H groups in total. The van der Waals surface area contributed by atoms with Gasteiger partial charge in [-0.3, -0.25) is 0 Å². The van der Waals surface area contributed by atoms with Gasteiger partial charge in [0.2, 0.25) is 0 Å². The fourth-order valence-electron chi connectivity index (χ4n) is 1.82. The topological polar surface area (TPSA) is 3.24 Å². The van der Waals surface area contributed by atoms with Crippen LogP contribution in [0.4, 0.5) is 0 Å². The van der Waals surface area contributed by atoms with Gasteiger partial charge in [0, 0.05) is 0 Å². The minimum atomic E-state index is 0.809. The molecule has 1 aromatic heterocycles. The Morgan fingerprint density at radius 3 is 2.33 bits per heavy atom. The van der Waals surface area contributed by atoms with Crippen molar-refractivity contribution in [2.75, 3.05) is 13.1 Å². The second-order valence-electron chi connectivity index (χ2n) is 3.96. The number of rotatable bonds is 8. The molecule has 1 heterocycles. The molecule has 0 aliphatic carbocycles. The Morgan fingerprint density at radius 2 is 1.83 bits per heavy atom. The molecule has 0 spiro atoms. The first-order valence-corrected chi connectivity index (χ1v) is 6.16. The zero-order valence-corrected chi connectivity index (χ0v) is 10.9. The standard InChI is InChI=1S/C16H20BN/c1-4-7-11-16(15-10-8-9-12-17-15)18(13-5-2)14-6-3/h4-6,8-12H,1-3,7,13-14H2. The van der Waals surface area contributed by atoms with Gasteiger partial charge in [-0.2, -0.15) is 0 Å². The van der Waals surface area contributed by atoms with Crippen molar-refractivity contribution in [2.24, 2.45) is 0 Å². The fourth-order valence-corrected chi connectivity index (χ4v) is 1.82. The van der Waals surface area contributed by atoms with Crippen LogP contribution in [0.5, 0.6) is 0 Å². The SMILES string of the molecule is C=CCC=C(c1bcccc1)N(CC=C)CC=C. The Morgan fingerprint density at radius 1 is 1.11 bits per heavy atom. The normalized spacial score (nSPS) is 10.6. The molecule has 0 fully saturated rings. The van der Waals surface area contributed by atoms with Crippen molar-refractivity contribution < 1.29 is 0 Å². The first-order chi connectivity index (χ1) is 8.83. The summed E-state index contributed by atoms with van der Waals surface area (Å²) in [6.07, 6.45) is 8.77. The van der Waals surface area contributed by atoms with Crippen molar-refractivity contribution in [3.05, 3.63) is 73.7 Å². The van der Waals surface area contributed by atoms with Crippen LogP contribution >= 0.6 is 0 Å². The molecule has 0 unspecified atom stereocenters. The van der Waals surface area contributed by atoms with Crippen molar-refractivity contribution >= 4 is 12.6 Å². The summed E-state index contributed by atoms with van der Waals surface area (Å²) >= 11 is 0. The van der Waals surface area contributed by atoms with Crippen molar-refractivity contribution in [2.45, 2.75) is 6.42 Å². The molecule has 0 aliphatic heterocycles. The third kappa shape index (κ3) is 4.21. The van der Waals surface area contributed by atoms with Crippen molar-refractivity contribution in [1.29, 1.82) is 0 Å². The molecular weight excluding hydrogens is 217 g/mol. The summed E-state index contributed by atoms with van der Waals surface area (Å²) < 4.78 is 0. The average molecular weight is 237 g/mol. The van der Waals surface area contributed by atoms with Crippen LogP contribution in [0.3, 0.4) is 0 Å². The molecule has 0 amide bonds. The summed E-state index contributed by atoms with van der Waals surface area (Å²) in [5.41, 5.74) is 2.42. The van der Waals surface area contributed by atoms with Gasteiger partial charge in [0.05, 0.1) is 0 Å². The maximum absolute atomic E-state index is 3.82. The van der Waals surface area contributed by atoms with Crippen molar-refractivity contribution in [1.82, 2.24) is 4.90 Å². The quantitative estimate of drug-likeness (QED) is 0.624. The Hall–Kier alpha value is -1.83. The second kappa shape index (κ2) is 8.29. The average Bonchev–Trinajstić information content (AvgIpc) is 2.41. The maximum atomic E-state index is 3.82. The van der Waals surface area contributed by atoms with Crippen molar-refractivity contribution in [3.63, 3.8) is 0 Å². The van der Waals surface area contributed by atoms with Gasteiger partial charge < -0.3 is 0 Å². The molecular formula is C16H20BN. The molecule has 1 aromatic rings. The van der Waals surface area contributed by atoms with Gasteiger partial charge in [-0.25, -0.2) is 0 Å². The molecule has 18 heavy (non-hydrogen) atoms. The molecule has 92 valence electrons. The van der Waals surface area contributed by atoms with Crippen LogP contribution in [-0.2, 0) is 0 Å². The van der Waals surface area contributed by atoms with E-state index in [-0.39, 0.29) is 0 Å². The molecule has 1 nitrogen and oxygen atoms in total. The summed E-state index contributed by atoms with van der Waals surface area (Å²) in [5.74, 6) is 2.05. The van der Waals surface area contributed by atoms with Gasteiger partial charge in [-0.15, -0.1) is 0 Å². The van der Waals surface area contributed by atoms with Crippen LogP contribution in [0.15, 0.2) is 68.2 Å². The molecule has 1 rings (SSSR count). The molecule has 0 bridgehead atoms. The van der Waals surface area contributed by atoms with E-state index in [1.54, 1.807) is 0 Å². The van der Waals surface area contributed by atoms with Gasteiger partial charge in [-0.05, 0) is 0 Å². The zero-order valence-electron chi connectivity index (χ0n) is 10.9. The number of hydrogen-bond donors (Lipinski definition) is 0. The number of allylic oxidation sites excluding steroid dienone is 2. The Bertz CT molecular complexity index is 410. The summed E-state index contributed by atoms with van der Waals surface area (Å²) in [6, 6.07) is 6.20. The van der Waals surface area contributed by atoms with Crippen molar-refractivity contribution in [3.8, 4) is 0 Å². The molecule has 0 aromatic carbocycles. The first-order valence-electron chi connectivity index (χ1n) is 6.16. The summed E-state index contributed by atoms with van der Waals surface area (Å²) in [5, 5.41) is 0. The molecule has 0 atom stereocenters. The molecule has 2 heteroatoms. The van der Waals surface area contributed by atoms with Gasteiger partial charge >= 0.3 is 111 Å². The second-order valence-corrected chi connectivity index (χ2v) is 3.96. The first kappa shape index (κ1) is 14.2. The van der Waals surface area contributed by atoms with Gasteiger partial charge in [0.25, 0.3) is 0 Å². The van der Waals surface area contributed by atoms with E-state index < -0.39 is 0 Å².